The molecule has 92 valence electrons. The van der Waals surface area contributed by atoms with E-state index in [1.165, 1.54) is 11.5 Å². The molecule has 0 saturated carbocycles. The Morgan fingerprint density at radius 2 is 2.41 bits per heavy atom. The molecule has 0 aromatic carbocycles. The molecule has 0 aliphatic carbocycles. The first-order valence-electron chi connectivity index (χ1n) is 5.34. The summed E-state index contributed by atoms with van der Waals surface area (Å²) in [5.41, 5.74) is 1.97. The topological polar surface area (TPSA) is 60.2 Å². The number of methoxy groups -OCH3 is 1. The van der Waals surface area contributed by atoms with Gasteiger partial charge in [-0.1, -0.05) is 5.16 Å². The molecule has 2 aromatic rings. The van der Waals surface area contributed by atoms with Crippen LogP contribution in [-0.4, -0.2) is 16.6 Å². The van der Waals surface area contributed by atoms with Crippen molar-refractivity contribution in [1.82, 2.24) is 14.8 Å². The van der Waals surface area contributed by atoms with Gasteiger partial charge in [0.25, 0.3) is 0 Å². The van der Waals surface area contributed by atoms with Gasteiger partial charge in [-0.2, -0.15) is 4.37 Å². The fourth-order valence-corrected chi connectivity index (χ4v) is 2.29. The van der Waals surface area contributed by atoms with E-state index in [4.69, 9.17) is 9.26 Å². The number of rotatable bonds is 5. The van der Waals surface area contributed by atoms with E-state index < -0.39 is 0 Å². The van der Waals surface area contributed by atoms with E-state index >= 15 is 0 Å². The van der Waals surface area contributed by atoms with Crippen LogP contribution in [0.25, 0.3) is 0 Å². The summed E-state index contributed by atoms with van der Waals surface area (Å²) >= 11 is 1.40. The number of hydrogen-bond acceptors (Lipinski definition) is 6. The Morgan fingerprint density at radius 3 is 3.06 bits per heavy atom. The maximum absolute atomic E-state index is 5.19. The van der Waals surface area contributed by atoms with Crippen LogP contribution in [0.1, 0.15) is 30.0 Å². The van der Waals surface area contributed by atoms with Crippen LogP contribution in [0.5, 0.6) is 5.88 Å². The minimum absolute atomic E-state index is 0.167. The van der Waals surface area contributed by atoms with Gasteiger partial charge in [-0.15, -0.1) is 0 Å². The largest absolute Gasteiger partial charge is 0.480 e. The Morgan fingerprint density at radius 1 is 1.59 bits per heavy atom. The van der Waals surface area contributed by atoms with Gasteiger partial charge in [0.1, 0.15) is 5.76 Å². The molecule has 5 nitrogen and oxygen atoms in total. The number of aromatic nitrogens is 2. The minimum Gasteiger partial charge on any atom is -0.480 e. The van der Waals surface area contributed by atoms with E-state index in [0.29, 0.717) is 12.4 Å². The first kappa shape index (κ1) is 12.1. The molecule has 0 fully saturated rings. The molecule has 0 aliphatic heterocycles. The molecule has 1 unspecified atom stereocenters. The van der Waals surface area contributed by atoms with Crippen LogP contribution < -0.4 is 10.1 Å². The molecule has 2 aromatic heterocycles. The molecule has 0 radical (unpaired) electrons. The van der Waals surface area contributed by atoms with Crippen LogP contribution in [0.15, 0.2) is 16.0 Å². The third-order valence-electron chi connectivity index (χ3n) is 2.49. The van der Waals surface area contributed by atoms with Gasteiger partial charge in [-0.05, 0) is 25.4 Å². The maximum Gasteiger partial charge on any atom is 0.229 e. The van der Waals surface area contributed by atoms with E-state index in [-0.39, 0.29) is 6.04 Å². The van der Waals surface area contributed by atoms with Gasteiger partial charge in [-0.3, -0.25) is 0 Å². The average molecular weight is 253 g/mol. The molecule has 1 atom stereocenters. The van der Waals surface area contributed by atoms with E-state index in [9.17, 15) is 0 Å². The van der Waals surface area contributed by atoms with Crippen LogP contribution in [0.3, 0.4) is 0 Å². The molecular formula is C11H15N3O2S. The standard InChI is InChI=1S/C11H15N3O2S/c1-7-4-9(13-16-7)5-12-8(2)10-6-17-14-11(10)15-3/h4,6,8,12H,5H2,1-3H3. The predicted octanol–water partition coefficient (Wildman–Crippen LogP) is 2.30. The average Bonchev–Trinajstić information content (AvgIpc) is 2.94. The second-order valence-corrected chi connectivity index (χ2v) is 4.44. The van der Waals surface area contributed by atoms with E-state index in [1.54, 1.807) is 7.11 Å². The lowest BCUT2D eigenvalue weighted by Gasteiger charge is -2.11. The van der Waals surface area contributed by atoms with Gasteiger partial charge >= 0.3 is 0 Å². The van der Waals surface area contributed by atoms with E-state index in [1.807, 2.05) is 18.4 Å². The highest BCUT2D eigenvalue weighted by Crippen LogP contribution is 2.25. The Hall–Kier alpha value is -1.40. The lowest BCUT2D eigenvalue weighted by molar-refractivity contribution is 0.381. The second-order valence-electron chi connectivity index (χ2n) is 3.81. The Balaban J connectivity index is 1.95. The zero-order valence-corrected chi connectivity index (χ0v) is 10.9. The van der Waals surface area contributed by atoms with Gasteiger partial charge < -0.3 is 14.6 Å². The summed E-state index contributed by atoms with van der Waals surface area (Å²) < 4.78 is 14.4. The minimum atomic E-state index is 0.167. The molecule has 0 aliphatic rings. The predicted molar refractivity (Wildman–Crippen MR) is 65.2 cm³/mol. The second kappa shape index (κ2) is 5.29. The van der Waals surface area contributed by atoms with Crippen molar-refractivity contribution in [2.75, 3.05) is 7.11 Å². The molecule has 0 amide bonds. The van der Waals surface area contributed by atoms with Crippen LogP contribution in [0.2, 0.25) is 0 Å². The summed E-state index contributed by atoms with van der Waals surface area (Å²) in [7, 11) is 1.63. The summed E-state index contributed by atoms with van der Waals surface area (Å²) in [5, 5.41) is 9.27. The zero-order valence-electron chi connectivity index (χ0n) is 10.1. The van der Waals surface area contributed by atoms with Crippen molar-refractivity contribution in [1.29, 1.82) is 0 Å². The molecule has 6 heteroatoms. The smallest absolute Gasteiger partial charge is 0.229 e. The van der Waals surface area contributed by atoms with E-state index in [0.717, 1.165) is 17.0 Å². The summed E-state index contributed by atoms with van der Waals surface area (Å²) in [6.07, 6.45) is 0. The SMILES string of the molecule is COc1nscc1C(C)NCc1cc(C)on1. The van der Waals surface area contributed by atoms with Crippen molar-refractivity contribution in [3.8, 4) is 5.88 Å². The number of hydrogen-bond donors (Lipinski definition) is 1. The lowest BCUT2D eigenvalue weighted by Crippen LogP contribution is -2.18. The lowest BCUT2D eigenvalue weighted by atomic mass is 10.2. The third-order valence-corrected chi connectivity index (χ3v) is 3.12. The molecular weight excluding hydrogens is 238 g/mol. The quantitative estimate of drug-likeness (QED) is 0.886. The summed E-state index contributed by atoms with van der Waals surface area (Å²) in [6, 6.07) is 2.09. The highest BCUT2D eigenvalue weighted by atomic mass is 32.1. The van der Waals surface area contributed by atoms with Crippen molar-refractivity contribution >= 4 is 11.5 Å². The molecule has 0 saturated heterocycles. The van der Waals surface area contributed by atoms with Gasteiger partial charge in [0.05, 0.1) is 12.8 Å². The number of nitrogens with one attached hydrogen (secondary N) is 1. The van der Waals surface area contributed by atoms with Crippen molar-refractivity contribution in [3.63, 3.8) is 0 Å². The normalized spacial score (nSPS) is 12.6. The van der Waals surface area contributed by atoms with Gasteiger partial charge in [0.15, 0.2) is 0 Å². The zero-order chi connectivity index (χ0) is 12.3. The maximum atomic E-state index is 5.19. The van der Waals surface area contributed by atoms with Gasteiger partial charge in [0.2, 0.25) is 5.88 Å². The van der Waals surface area contributed by atoms with Crippen LogP contribution in [-0.2, 0) is 6.54 Å². The van der Waals surface area contributed by atoms with Crippen molar-refractivity contribution in [2.24, 2.45) is 0 Å². The highest BCUT2D eigenvalue weighted by Gasteiger charge is 2.14. The molecule has 2 rings (SSSR count). The number of aryl methyl sites for hydroxylation is 1. The van der Waals surface area contributed by atoms with Crippen LogP contribution in [0.4, 0.5) is 0 Å². The molecule has 17 heavy (non-hydrogen) atoms. The van der Waals surface area contributed by atoms with Crippen molar-refractivity contribution in [3.05, 3.63) is 28.5 Å². The van der Waals surface area contributed by atoms with Crippen molar-refractivity contribution in [2.45, 2.75) is 26.4 Å². The summed E-state index contributed by atoms with van der Waals surface area (Å²) in [5.74, 6) is 1.51. The van der Waals surface area contributed by atoms with Gasteiger partial charge in [0, 0.05) is 29.6 Å². The Kier molecular flexibility index (Phi) is 3.75. The van der Waals surface area contributed by atoms with Gasteiger partial charge in [-0.25, -0.2) is 0 Å². The fraction of sp³-hybridized carbons (Fsp3) is 0.455. The first-order valence-corrected chi connectivity index (χ1v) is 6.18. The highest BCUT2D eigenvalue weighted by molar-refractivity contribution is 7.03. The first-order chi connectivity index (χ1) is 8.20. The summed E-state index contributed by atoms with van der Waals surface area (Å²) in [6.45, 7) is 4.61. The Labute approximate surface area is 104 Å². The Bertz CT molecular complexity index is 481. The molecule has 0 spiro atoms. The molecule has 0 bridgehead atoms. The van der Waals surface area contributed by atoms with Crippen molar-refractivity contribution < 1.29 is 9.26 Å². The summed E-state index contributed by atoms with van der Waals surface area (Å²) in [4.78, 5) is 0. The molecule has 2 heterocycles. The van der Waals surface area contributed by atoms with Crippen LogP contribution in [0, 0.1) is 6.92 Å². The molecule has 1 N–H and O–H groups in total. The number of ether oxygens (including phenoxy) is 1. The number of nitrogens with zero attached hydrogens (tertiary/aromatic N) is 2. The van der Waals surface area contributed by atoms with Crippen LogP contribution >= 0.6 is 11.5 Å². The monoisotopic (exact) mass is 253 g/mol. The van der Waals surface area contributed by atoms with E-state index in [2.05, 4.69) is 21.8 Å². The fourth-order valence-electron chi connectivity index (χ4n) is 1.55. The third kappa shape index (κ3) is 2.83.